The van der Waals surface area contributed by atoms with E-state index in [0.717, 1.165) is 18.8 Å². The van der Waals surface area contributed by atoms with Crippen LogP contribution in [0.3, 0.4) is 0 Å². The average molecular weight is 154 g/mol. The predicted octanol–water partition coefficient (Wildman–Crippen LogP) is 1.94. The van der Waals surface area contributed by atoms with E-state index in [1.807, 2.05) is 0 Å². The van der Waals surface area contributed by atoms with Crippen LogP contribution in [0.2, 0.25) is 0 Å². The summed E-state index contributed by atoms with van der Waals surface area (Å²) >= 11 is 0. The van der Waals surface area contributed by atoms with Gasteiger partial charge in [-0.25, -0.2) is 0 Å². The molecule has 1 aliphatic rings. The highest BCUT2D eigenvalue weighted by Crippen LogP contribution is 2.29. The van der Waals surface area contributed by atoms with E-state index >= 15 is 0 Å². The van der Waals surface area contributed by atoms with Gasteiger partial charge in [-0.1, -0.05) is 13.8 Å². The van der Waals surface area contributed by atoms with Crippen LogP contribution in [0.4, 0.5) is 0 Å². The van der Waals surface area contributed by atoms with E-state index in [9.17, 15) is 0 Å². The first-order chi connectivity index (χ1) is 5.10. The summed E-state index contributed by atoms with van der Waals surface area (Å²) in [7, 11) is 0. The maximum absolute atomic E-state index is 5.68. The molecule has 0 aliphatic carbocycles. The molecule has 0 atom stereocenters. The molecule has 0 fully saturated rings. The Balaban J connectivity index is 2.52. The summed E-state index contributed by atoms with van der Waals surface area (Å²) in [6, 6.07) is 0. The summed E-state index contributed by atoms with van der Waals surface area (Å²) in [5, 5.41) is 0. The van der Waals surface area contributed by atoms with Gasteiger partial charge in [-0.05, 0) is 24.7 Å². The lowest BCUT2D eigenvalue weighted by Gasteiger charge is -2.25. The molecule has 64 valence electrons. The van der Waals surface area contributed by atoms with Crippen molar-refractivity contribution in [2.75, 3.05) is 6.54 Å². The van der Waals surface area contributed by atoms with Crippen LogP contribution in [0.1, 0.15) is 39.5 Å². The van der Waals surface area contributed by atoms with Crippen molar-refractivity contribution >= 4 is 5.84 Å². The maximum atomic E-state index is 5.68. The van der Waals surface area contributed by atoms with Crippen molar-refractivity contribution < 1.29 is 0 Å². The van der Waals surface area contributed by atoms with Gasteiger partial charge in [-0.15, -0.1) is 0 Å². The van der Waals surface area contributed by atoms with Crippen LogP contribution in [0, 0.1) is 5.41 Å². The number of rotatable bonds is 0. The molecule has 1 rings (SSSR count). The van der Waals surface area contributed by atoms with Crippen LogP contribution >= 0.6 is 0 Å². The predicted molar refractivity (Wildman–Crippen MR) is 48.7 cm³/mol. The fourth-order valence-electron chi connectivity index (χ4n) is 1.45. The fraction of sp³-hybridized carbons (Fsp3) is 0.889. The van der Waals surface area contributed by atoms with Gasteiger partial charge in [0.15, 0.2) is 0 Å². The van der Waals surface area contributed by atoms with Gasteiger partial charge in [-0.2, -0.15) is 0 Å². The van der Waals surface area contributed by atoms with E-state index < -0.39 is 0 Å². The van der Waals surface area contributed by atoms with E-state index in [-0.39, 0.29) is 0 Å². The zero-order valence-corrected chi connectivity index (χ0v) is 7.56. The number of hydrogen-bond acceptors (Lipinski definition) is 2. The molecule has 0 spiro atoms. The monoisotopic (exact) mass is 154 g/mol. The molecule has 0 amide bonds. The van der Waals surface area contributed by atoms with E-state index in [4.69, 9.17) is 5.73 Å². The zero-order valence-electron chi connectivity index (χ0n) is 7.56. The lowest BCUT2D eigenvalue weighted by atomic mass is 9.82. The molecular formula is C9H18N2. The van der Waals surface area contributed by atoms with Crippen LogP contribution in [0.15, 0.2) is 4.99 Å². The van der Waals surface area contributed by atoms with Crippen molar-refractivity contribution in [2.45, 2.75) is 39.5 Å². The molecule has 2 nitrogen and oxygen atoms in total. The Bertz CT molecular complexity index is 159. The molecule has 0 radical (unpaired) electrons. The summed E-state index contributed by atoms with van der Waals surface area (Å²) in [6.07, 6.45) is 4.63. The first kappa shape index (κ1) is 8.57. The normalized spacial score (nSPS) is 25.1. The van der Waals surface area contributed by atoms with Gasteiger partial charge < -0.3 is 5.73 Å². The fourth-order valence-corrected chi connectivity index (χ4v) is 1.45. The van der Waals surface area contributed by atoms with Crippen molar-refractivity contribution in [3.05, 3.63) is 0 Å². The number of aliphatic imine (C=N–C) groups is 1. The van der Waals surface area contributed by atoms with E-state index in [1.54, 1.807) is 0 Å². The SMILES string of the molecule is CC1(C)CCCN=C(N)CC1. The van der Waals surface area contributed by atoms with E-state index in [0.29, 0.717) is 5.41 Å². The van der Waals surface area contributed by atoms with Crippen LogP contribution in [-0.2, 0) is 0 Å². The Morgan fingerprint density at radius 1 is 1.36 bits per heavy atom. The Morgan fingerprint density at radius 3 is 2.82 bits per heavy atom. The second-order valence-corrected chi connectivity index (χ2v) is 4.14. The van der Waals surface area contributed by atoms with Crippen molar-refractivity contribution in [3.8, 4) is 0 Å². The van der Waals surface area contributed by atoms with Crippen molar-refractivity contribution in [3.63, 3.8) is 0 Å². The Hall–Kier alpha value is -0.530. The molecule has 0 aromatic heterocycles. The summed E-state index contributed by atoms with van der Waals surface area (Å²) in [4.78, 5) is 4.24. The average Bonchev–Trinajstić information content (AvgIpc) is 1.92. The number of amidine groups is 1. The number of hydrogen-bond donors (Lipinski definition) is 1. The highest BCUT2D eigenvalue weighted by molar-refractivity contribution is 5.80. The van der Waals surface area contributed by atoms with Crippen molar-refractivity contribution in [1.82, 2.24) is 0 Å². The minimum Gasteiger partial charge on any atom is -0.387 e. The molecule has 0 unspecified atom stereocenters. The topological polar surface area (TPSA) is 38.4 Å². The van der Waals surface area contributed by atoms with Gasteiger partial charge in [-0.3, -0.25) is 4.99 Å². The Kier molecular flexibility index (Phi) is 2.53. The molecule has 0 aromatic rings. The quantitative estimate of drug-likeness (QED) is 0.569. The zero-order chi connectivity index (χ0) is 8.32. The Labute approximate surface area is 68.9 Å². The number of nitrogens with zero attached hydrogens (tertiary/aromatic N) is 1. The smallest absolute Gasteiger partial charge is 0.0937 e. The third kappa shape index (κ3) is 2.91. The largest absolute Gasteiger partial charge is 0.387 e. The van der Waals surface area contributed by atoms with Gasteiger partial charge in [0.1, 0.15) is 0 Å². The Morgan fingerprint density at radius 2 is 2.09 bits per heavy atom. The molecule has 0 saturated carbocycles. The molecule has 0 saturated heterocycles. The highest BCUT2D eigenvalue weighted by atomic mass is 14.8. The molecule has 2 heteroatoms. The molecule has 0 aromatic carbocycles. The molecule has 2 N–H and O–H groups in total. The minimum atomic E-state index is 0.473. The first-order valence-electron chi connectivity index (χ1n) is 4.39. The highest BCUT2D eigenvalue weighted by Gasteiger charge is 2.18. The molecule has 1 aliphatic heterocycles. The van der Waals surface area contributed by atoms with Crippen LogP contribution in [-0.4, -0.2) is 12.4 Å². The molecular weight excluding hydrogens is 136 g/mol. The van der Waals surface area contributed by atoms with Crippen molar-refractivity contribution in [2.24, 2.45) is 16.1 Å². The lowest BCUT2D eigenvalue weighted by Crippen LogP contribution is -2.21. The second-order valence-electron chi connectivity index (χ2n) is 4.14. The van der Waals surface area contributed by atoms with Crippen molar-refractivity contribution in [1.29, 1.82) is 0 Å². The number of nitrogens with two attached hydrogens (primary N) is 1. The summed E-state index contributed by atoms with van der Waals surface area (Å²) in [5.74, 6) is 0.845. The summed E-state index contributed by atoms with van der Waals surface area (Å²) in [5.41, 5.74) is 6.15. The standard InChI is InChI=1S/C9H18N2/c1-9(2)5-3-7-11-8(10)4-6-9/h3-7H2,1-2H3,(H2,10,11). The van der Waals surface area contributed by atoms with Crippen LogP contribution < -0.4 is 5.73 Å². The minimum absolute atomic E-state index is 0.473. The second kappa shape index (κ2) is 3.24. The van der Waals surface area contributed by atoms with E-state index in [2.05, 4.69) is 18.8 Å². The molecule has 0 bridgehead atoms. The maximum Gasteiger partial charge on any atom is 0.0937 e. The third-order valence-electron chi connectivity index (χ3n) is 2.38. The summed E-state index contributed by atoms with van der Waals surface area (Å²) in [6.45, 7) is 5.55. The van der Waals surface area contributed by atoms with Gasteiger partial charge >= 0.3 is 0 Å². The molecule has 1 heterocycles. The summed E-state index contributed by atoms with van der Waals surface area (Å²) < 4.78 is 0. The van der Waals surface area contributed by atoms with E-state index in [1.165, 1.54) is 19.3 Å². The van der Waals surface area contributed by atoms with Gasteiger partial charge in [0.25, 0.3) is 0 Å². The van der Waals surface area contributed by atoms with Crippen LogP contribution in [0.25, 0.3) is 0 Å². The third-order valence-corrected chi connectivity index (χ3v) is 2.38. The first-order valence-corrected chi connectivity index (χ1v) is 4.39. The lowest BCUT2D eigenvalue weighted by molar-refractivity contribution is 0.303. The van der Waals surface area contributed by atoms with Gasteiger partial charge in [0.2, 0.25) is 0 Å². The van der Waals surface area contributed by atoms with Gasteiger partial charge in [0.05, 0.1) is 5.84 Å². The van der Waals surface area contributed by atoms with Crippen LogP contribution in [0.5, 0.6) is 0 Å². The molecule has 11 heavy (non-hydrogen) atoms. The van der Waals surface area contributed by atoms with Gasteiger partial charge in [0, 0.05) is 13.0 Å².